The summed E-state index contributed by atoms with van der Waals surface area (Å²) in [4.78, 5) is 25.7. The number of carbonyl (C=O) groups is 1. The van der Waals surface area contributed by atoms with E-state index < -0.39 is 11.2 Å². The van der Waals surface area contributed by atoms with Crippen molar-refractivity contribution in [2.75, 3.05) is 18.7 Å². The molecule has 0 saturated heterocycles. The first-order valence-electron chi connectivity index (χ1n) is 8.06. The Hall–Kier alpha value is -2.76. The third kappa shape index (κ3) is 2.64. The molecule has 0 saturated carbocycles. The molecule has 1 N–H and O–H groups in total. The summed E-state index contributed by atoms with van der Waals surface area (Å²) in [5.74, 6) is -0.855. The first kappa shape index (κ1) is 16.1. The van der Waals surface area contributed by atoms with Gasteiger partial charge in [0, 0.05) is 19.3 Å². The van der Waals surface area contributed by atoms with Crippen molar-refractivity contribution in [2.24, 2.45) is 0 Å². The Kier molecular flexibility index (Phi) is 4.29. The van der Waals surface area contributed by atoms with Crippen LogP contribution in [-0.2, 0) is 0 Å². The molecular weight excluding hydrogens is 306 g/mol. The minimum absolute atomic E-state index is 0.0216. The van der Waals surface area contributed by atoms with Crippen molar-refractivity contribution in [2.45, 2.75) is 25.8 Å². The van der Waals surface area contributed by atoms with Gasteiger partial charge in [-0.05, 0) is 12.0 Å². The number of nitrogens with zero attached hydrogens (tertiary/aromatic N) is 3. The lowest BCUT2D eigenvalue weighted by Gasteiger charge is -2.42. The van der Waals surface area contributed by atoms with Crippen molar-refractivity contribution < 1.29 is 9.90 Å². The van der Waals surface area contributed by atoms with E-state index in [2.05, 4.69) is 19.1 Å². The second kappa shape index (κ2) is 6.39. The van der Waals surface area contributed by atoms with Gasteiger partial charge in [-0.15, -0.1) is 0 Å². The third-order valence-corrected chi connectivity index (χ3v) is 4.34. The van der Waals surface area contributed by atoms with Gasteiger partial charge in [-0.25, -0.2) is 0 Å². The van der Waals surface area contributed by atoms with Crippen molar-refractivity contribution in [3.63, 3.8) is 0 Å². The maximum Gasteiger partial charge on any atom is 0.277 e. The van der Waals surface area contributed by atoms with Crippen LogP contribution in [0.25, 0.3) is 0 Å². The highest BCUT2D eigenvalue weighted by Gasteiger charge is 2.33. The summed E-state index contributed by atoms with van der Waals surface area (Å²) in [7, 11) is 1.67. The molecule has 1 aliphatic heterocycles. The molecule has 1 unspecified atom stereocenters. The number of benzene rings is 1. The van der Waals surface area contributed by atoms with Crippen molar-refractivity contribution in [1.29, 1.82) is 0 Å². The second-order valence-electron chi connectivity index (χ2n) is 6.02. The molecule has 24 heavy (non-hydrogen) atoms. The quantitative estimate of drug-likeness (QED) is 0.934. The Morgan fingerprint density at radius 3 is 2.54 bits per heavy atom. The number of aromatic nitrogens is 1. The number of fused-ring (bicyclic) bond motifs is 1. The van der Waals surface area contributed by atoms with E-state index in [0.29, 0.717) is 6.67 Å². The zero-order valence-electron chi connectivity index (χ0n) is 13.8. The maximum absolute atomic E-state index is 12.4. The lowest BCUT2D eigenvalue weighted by Crippen LogP contribution is -2.54. The van der Waals surface area contributed by atoms with Crippen LogP contribution in [0.3, 0.4) is 0 Å². The molecule has 3 rings (SSSR count). The van der Waals surface area contributed by atoms with Crippen LogP contribution in [0.5, 0.6) is 5.75 Å². The Balaban J connectivity index is 2.14. The highest BCUT2D eigenvalue weighted by Crippen LogP contribution is 2.29. The molecule has 126 valence electrons. The van der Waals surface area contributed by atoms with Gasteiger partial charge in [0.25, 0.3) is 5.91 Å². The Labute approximate surface area is 140 Å². The van der Waals surface area contributed by atoms with Gasteiger partial charge in [-0.1, -0.05) is 43.7 Å². The maximum atomic E-state index is 12.4. The monoisotopic (exact) mass is 327 g/mol. The SMILES string of the molecule is CCCC(c1ccccc1)N1CN(C)C(=O)c2c(O)c(=O)ccn21. The van der Waals surface area contributed by atoms with Gasteiger partial charge in [-0.2, -0.15) is 0 Å². The minimum atomic E-state index is -0.545. The van der Waals surface area contributed by atoms with Gasteiger partial charge in [0.05, 0.1) is 6.04 Å². The minimum Gasteiger partial charge on any atom is -0.502 e. The van der Waals surface area contributed by atoms with E-state index in [-0.39, 0.29) is 17.6 Å². The van der Waals surface area contributed by atoms with Crippen molar-refractivity contribution in [3.05, 3.63) is 64.1 Å². The number of hydrogen-bond donors (Lipinski definition) is 1. The summed E-state index contributed by atoms with van der Waals surface area (Å²) in [6.45, 7) is 2.49. The lowest BCUT2D eigenvalue weighted by atomic mass is 10.0. The molecule has 1 amide bonds. The summed E-state index contributed by atoms with van der Waals surface area (Å²) in [5, 5.41) is 12.1. The lowest BCUT2D eigenvalue weighted by molar-refractivity contribution is 0.0721. The van der Waals surface area contributed by atoms with Gasteiger partial charge >= 0.3 is 0 Å². The zero-order chi connectivity index (χ0) is 17.3. The number of hydrogen-bond acceptors (Lipinski definition) is 4. The third-order valence-electron chi connectivity index (χ3n) is 4.34. The van der Waals surface area contributed by atoms with Crippen LogP contribution in [-0.4, -0.2) is 34.3 Å². The summed E-state index contributed by atoms with van der Waals surface area (Å²) in [6.07, 6.45) is 3.42. The zero-order valence-corrected chi connectivity index (χ0v) is 13.8. The van der Waals surface area contributed by atoms with Crippen LogP contribution in [0.4, 0.5) is 0 Å². The fourth-order valence-electron chi connectivity index (χ4n) is 3.15. The molecule has 0 aliphatic carbocycles. The highest BCUT2D eigenvalue weighted by atomic mass is 16.3. The van der Waals surface area contributed by atoms with E-state index in [1.54, 1.807) is 17.9 Å². The number of pyridine rings is 1. The normalized spacial score (nSPS) is 15.3. The Morgan fingerprint density at radius 2 is 1.88 bits per heavy atom. The average molecular weight is 327 g/mol. The van der Waals surface area contributed by atoms with E-state index in [1.165, 1.54) is 11.0 Å². The number of amides is 1. The average Bonchev–Trinajstić information content (AvgIpc) is 2.59. The summed E-state index contributed by atoms with van der Waals surface area (Å²) >= 11 is 0. The molecule has 6 heteroatoms. The molecule has 0 radical (unpaired) electrons. The largest absolute Gasteiger partial charge is 0.502 e. The first-order valence-corrected chi connectivity index (χ1v) is 8.06. The number of rotatable bonds is 4. The molecular formula is C18H21N3O3. The second-order valence-corrected chi connectivity index (χ2v) is 6.02. The van der Waals surface area contributed by atoms with Crippen LogP contribution < -0.4 is 10.4 Å². The standard InChI is InChI=1S/C18H21N3O3/c1-3-7-14(13-8-5-4-6-9-13)21-12-19(2)18(24)16-17(23)15(22)10-11-20(16)21/h4-6,8-11,14,23H,3,7,12H2,1-2H3. The van der Waals surface area contributed by atoms with E-state index >= 15 is 0 Å². The summed E-state index contributed by atoms with van der Waals surface area (Å²) in [6, 6.07) is 11.4. The highest BCUT2D eigenvalue weighted by molar-refractivity contribution is 5.95. The van der Waals surface area contributed by atoms with E-state index in [1.807, 2.05) is 23.2 Å². The van der Waals surface area contributed by atoms with Gasteiger partial charge in [-0.3, -0.25) is 19.3 Å². The van der Waals surface area contributed by atoms with E-state index in [0.717, 1.165) is 18.4 Å². The molecule has 0 spiro atoms. The molecule has 1 aromatic carbocycles. The number of carbonyl (C=O) groups excluding carboxylic acids is 1. The van der Waals surface area contributed by atoms with Crippen LogP contribution >= 0.6 is 0 Å². The summed E-state index contributed by atoms with van der Waals surface area (Å²) in [5.41, 5.74) is 0.608. The first-order chi connectivity index (χ1) is 11.5. The fourth-order valence-corrected chi connectivity index (χ4v) is 3.15. The molecule has 1 atom stereocenters. The molecule has 1 aliphatic rings. The van der Waals surface area contributed by atoms with Crippen molar-refractivity contribution in [1.82, 2.24) is 9.58 Å². The van der Waals surface area contributed by atoms with Crippen LogP contribution in [0.2, 0.25) is 0 Å². The Bertz CT molecular complexity index is 801. The Morgan fingerprint density at radius 1 is 1.17 bits per heavy atom. The van der Waals surface area contributed by atoms with E-state index in [4.69, 9.17) is 0 Å². The molecule has 2 heterocycles. The van der Waals surface area contributed by atoms with Gasteiger partial charge in [0.1, 0.15) is 6.67 Å². The fraction of sp³-hybridized carbons (Fsp3) is 0.333. The smallest absolute Gasteiger partial charge is 0.277 e. The van der Waals surface area contributed by atoms with Crippen molar-refractivity contribution >= 4 is 5.91 Å². The predicted molar refractivity (Wildman–Crippen MR) is 91.6 cm³/mol. The molecule has 2 aromatic rings. The van der Waals surface area contributed by atoms with Crippen molar-refractivity contribution in [3.8, 4) is 5.75 Å². The molecule has 0 fully saturated rings. The molecule has 0 bridgehead atoms. The van der Waals surface area contributed by atoms with Gasteiger partial charge in [0.15, 0.2) is 11.4 Å². The van der Waals surface area contributed by atoms with Crippen LogP contribution in [0.15, 0.2) is 47.4 Å². The molecule has 1 aromatic heterocycles. The van der Waals surface area contributed by atoms with Crippen LogP contribution in [0, 0.1) is 0 Å². The van der Waals surface area contributed by atoms with Gasteiger partial charge in [0.2, 0.25) is 5.43 Å². The number of aromatic hydroxyl groups is 1. The topological polar surface area (TPSA) is 65.8 Å². The molecule has 6 nitrogen and oxygen atoms in total. The summed E-state index contributed by atoms with van der Waals surface area (Å²) < 4.78 is 1.62. The predicted octanol–water partition coefficient (Wildman–Crippen LogP) is 2.08. The van der Waals surface area contributed by atoms with Gasteiger partial charge < -0.3 is 10.0 Å². The van der Waals surface area contributed by atoms with E-state index in [9.17, 15) is 14.7 Å². The van der Waals surface area contributed by atoms with Crippen LogP contribution in [0.1, 0.15) is 41.9 Å².